The number of fused-ring (bicyclic) bond motifs is 1. The van der Waals surface area contributed by atoms with Gasteiger partial charge in [0.05, 0.1) is 30.4 Å². The summed E-state index contributed by atoms with van der Waals surface area (Å²) in [6, 6.07) is 4.42. The van der Waals surface area contributed by atoms with E-state index in [2.05, 4.69) is 20.1 Å². The summed E-state index contributed by atoms with van der Waals surface area (Å²) in [5.74, 6) is 0.122. The van der Waals surface area contributed by atoms with Gasteiger partial charge in [-0.25, -0.2) is 41.8 Å². The Bertz CT molecular complexity index is 1190. The molecule has 0 unspecified atom stereocenters. The molecule has 3 aromatic heterocycles. The van der Waals surface area contributed by atoms with Crippen molar-refractivity contribution in [2.24, 2.45) is 11.1 Å². The Morgan fingerprint density at radius 1 is 1.29 bits per heavy atom. The molecule has 0 bridgehead atoms. The summed E-state index contributed by atoms with van der Waals surface area (Å²) in [5, 5.41) is 9.12. The van der Waals surface area contributed by atoms with Gasteiger partial charge < -0.3 is 9.64 Å². The minimum atomic E-state index is -3.62. The third-order valence-corrected chi connectivity index (χ3v) is 6.06. The Morgan fingerprint density at radius 3 is 2.84 bits per heavy atom. The van der Waals surface area contributed by atoms with Crippen molar-refractivity contribution in [1.82, 2.24) is 24.6 Å². The van der Waals surface area contributed by atoms with Crippen LogP contribution in [0.3, 0.4) is 0 Å². The van der Waals surface area contributed by atoms with E-state index in [0.29, 0.717) is 42.5 Å². The van der Waals surface area contributed by atoms with Crippen LogP contribution in [0.15, 0.2) is 30.7 Å². The van der Waals surface area contributed by atoms with Gasteiger partial charge in [0.1, 0.15) is 23.5 Å². The SMILES string of the molecule is C[C@H](CS(N)(=O)=O)[C@H]1CN(c2cc(-c3cnc4ccc(C(F)F)nn34)ncn2)CCO1. The van der Waals surface area contributed by atoms with Crippen LogP contribution in [0.25, 0.3) is 17.0 Å². The van der Waals surface area contributed by atoms with E-state index >= 15 is 0 Å². The predicted molar refractivity (Wildman–Crippen MR) is 108 cm³/mol. The molecule has 2 N–H and O–H groups in total. The van der Waals surface area contributed by atoms with Gasteiger partial charge >= 0.3 is 0 Å². The lowest BCUT2D eigenvalue weighted by Gasteiger charge is -2.36. The van der Waals surface area contributed by atoms with E-state index in [1.807, 2.05) is 4.90 Å². The number of ether oxygens (including phenoxy) is 1. The van der Waals surface area contributed by atoms with Gasteiger partial charge in [0.15, 0.2) is 5.65 Å². The Hall–Kier alpha value is -2.77. The topological polar surface area (TPSA) is 129 Å². The number of hydrogen-bond acceptors (Lipinski definition) is 8. The van der Waals surface area contributed by atoms with Crippen LogP contribution in [0.4, 0.5) is 14.6 Å². The van der Waals surface area contributed by atoms with Crippen molar-refractivity contribution in [3.05, 3.63) is 36.4 Å². The molecule has 1 fully saturated rings. The van der Waals surface area contributed by atoms with Crippen LogP contribution in [0.2, 0.25) is 0 Å². The Balaban J connectivity index is 1.60. The molecule has 0 saturated carbocycles. The Morgan fingerprint density at radius 2 is 2.10 bits per heavy atom. The van der Waals surface area contributed by atoms with Crippen molar-refractivity contribution in [3.8, 4) is 11.4 Å². The number of nitrogens with two attached hydrogens (primary N) is 1. The van der Waals surface area contributed by atoms with E-state index in [-0.39, 0.29) is 23.5 Å². The van der Waals surface area contributed by atoms with Gasteiger partial charge in [-0.3, -0.25) is 0 Å². The van der Waals surface area contributed by atoms with E-state index < -0.39 is 16.4 Å². The highest BCUT2D eigenvalue weighted by Gasteiger charge is 2.29. The number of primary sulfonamides is 1. The first kappa shape index (κ1) is 21.5. The molecular formula is C18H21F2N7O3S. The summed E-state index contributed by atoms with van der Waals surface area (Å²) in [6.07, 6.45) is -0.152. The van der Waals surface area contributed by atoms with E-state index in [4.69, 9.17) is 9.88 Å². The molecular weight excluding hydrogens is 432 g/mol. The summed E-state index contributed by atoms with van der Waals surface area (Å²) in [5.41, 5.74) is 0.981. The number of nitrogens with zero attached hydrogens (tertiary/aromatic N) is 6. The molecule has 2 atom stereocenters. The molecule has 10 nitrogen and oxygen atoms in total. The smallest absolute Gasteiger partial charge is 0.282 e. The maximum atomic E-state index is 13.1. The fourth-order valence-electron chi connectivity index (χ4n) is 3.54. The van der Waals surface area contributed by atoms with Crippen LogP contribution in [-0.4, -0.2) is 64.5 Å². The number of hydrogen-bond donors (Lipinski definition) is 1. The number of halogens is 2. The number of anilines is 1. The van der Waals surface area contributed by atoms with Gasteiger partial charge in [0.25, 0.3) is 6.43 Å². The van der Waals surface area contributed by atoms with Crippen LogP contribution >= 0.6 is 0 Å². The van der Waals surface area contributed by atoms with Crippen LogP contribution in [0, 0.1) is 5.92 Å². The molecule has 13 heteroatoms. The molecule has 4 heterocycles. The third kappa shape index (κ3) is 4.78. The van der Waals surface area contributed by atoms with E-state index in [1.54, 1.807) is 13.0 Å². The lowest BCUT2D eigenvalue weighted by atomic mass is 10.1. The van der Waals surface area contributed by atoms with Gasteiger partial charge in [-0.05, 0) is 18.1 Å². The van der Waals surface area contributed by atoms with Gasteiger partial charge in [-0.1, -0.05) is 6.92 Å². The van der Waals surface area contributed by atoms with E-state index in [0.717, 1.165) is 0 Å². The summed E-state index contributed by atoms with van der Waals surface area (Å²) >= 11 is 0. The zero-order valence-corrected chi connectivity index (χ0v) is 17.4. The first-order valence-corrected chi connectivity index (χ1v) is 11.2. The van der Waals surface area contributed by atoms with Crippen molar-refractivity contribution >= 4 is 21.5 Å². The van der Waals surface area contributed by atoms with Gasteiger partial charge in [-0.15, -0.1) is 0 Å². The number of imidazole rings is 1. The fourth-order valence-corrected chi connectivity index (χ4v) is 4.49. The third-order valence-electron chi connectivity index (χ3n) is 5.07. The molecule has 0 aliphatic carbocycles. The molecule has 3 aromatic rings. The summed E-state index contributed by atoms with van der Waals surface area (Å²) in [7, 11) is -3.62. The second-order valence-electron chi connectivity index (χ2n) is 7.40. The predicted octanol–water partition coefficient (Wildman–Crippen LogP) is 1.25. The van der Waals surface area contributed by atoms with Gasteiger partial charge in [0, 0.05) is 19.2 Å². The zero-order chi connectivity index (χ0) is 22.2. The largest absolute Gasteiger partial charge is 0.374 e. The number of sulfonamides is 1. The molecule has 166 valence electrons. The highest BCUT2D eigenvalue weighted by molar-refractivity contribution is 7.89. The van der Waals surface area contributed by atoms with Crippen LogP contribution < -0.4 is 10.0 Å². The highest BCUT2D eigenvalue weighted by Crippen LogP contribution is 2.25. The van der Waals surface area contributed by atoms with Gasteiger partial charge in [-0.2, -0.15) is 5.10 Å². The highest BCUT2D eigenvalue weighted by atomic mass is 32.2. The Labute approximate surface area is 177 Å². The molecule has 0 aromatic carbocycles. The summed E-state index contributed by atoms with van der Waals surface area (Å²) in [6.45, 7) is 3.15. The molecule has 0 radical (unpaired) electrons. The average molecular weight is 453 g/mol. The van der Waals surface area contributed by atoms with Crippen molar-refractivity contribution in [2.75, 3.05) is 30.3 Å². The van der Waals surface area contributed by atoms with Crippen LogP contribution in [0.5, 0.6) is 0 Å². The number of rotatable bonds is 6. The lowest BCUT2D eigenvalue weighted by molar-refractivity contribution is 0.0120. The van der Waals surface area contributed by atoms with Crippen LogP contribution in [0.1, 0.15) is 19.0 Å². The standard InChI is InChI=1S/C18H21F2N7O3S/c1-11(9-31(21,28)29)15-8-26(4-5-30-15)17-6-13(23-10-24-17)14-7-22-16-3-2-12(18(19)20)25-27(14)16/h2-3,6-7,10-11,15,18H,4-5,8-9H2,1H3,(H2,21,28,29)/t11-,15-/m1/s1. The summed E-state index contributed by atoms with van der Waals surface area (Å²) in [4.78, 5) is 14.7. The number of morpholine rings is 1. The molecule has 4 rings (SSSR count). The summed E-state index contributed by atoms with van der Waals surface area (Å²) < 4.78 is 56.0. The number of alkyl halides is 2. The normalized spacial score (nSPS) is 18.6. The Kier molecular flexibility index (Phi) is 5.81. The second kappa shape index (κ2) is 8.40. The quantitative estimate of drug-likeness (QED) is 0.591. The molecule has 31 heavy (non-hydrogen) atoms. The minimum Gasteiger partial charge on any atom is -0.374 e. The minimum absolute atomic E-state index is 0.180. The van der Waals surface area contributed by atoms with Crippen molar-refractivity contribution < 1.29 is 21.9 Å². The number of aromatic nitrogens is 5. The monoisotopic (exact) mass is 453 g/mol. The second-order valence-corrected chi connectivity index (χ2v) is 9.05. The maximum absolute atomic E-state index is 13.1. The molecule has 1 saturated heterocycles. The molecule has 1 aliphatic rings. The molecule has 0 amide bonds. The average Bonchev–Trinajstić information content (AvgIpc) is 3.16. The zero-order valence-electron chi connectivity index (χ0n) is 16.6. The van der Waals surface area contributed by atoms with E-state index in [9.17, 15) is 17.2 Å². The first-order chi connectivity index (χ1) is 14.7. The van der Waals surface area contributed by atoms with Crippen molar-refractivity contribution in [3.63, 3.8) is 0 Å². The maximum Gasteiger partial charge on any atom is 0.282 e. The van der Waals surface area contributed by atoms with Crippen LogP contribution in [-0.2, 0) is 14.8 Å². The van der Waals surface area contributed by atoms with Crippen molar-refractivity contribution in [2.45, 2.75) is 19.5 Å². The first-order valence-electron chi connectivity index (χ1n) is 9.53. The molecule has 1 aliphatic heterocycles. The van der Waals surface area contributed by atoms with Crippen molar-refractivity contribution in [1.29, 1.82) is 0 Å². The molecule has 0 spiro atoms. The fraction of sp³-hybridized carbons (Fsp3) is 0.444. The van der Waals surface area contributed by atoms with E-state index in [1.165, 1.54) is 29.2 Å². The van der Waals surface area contributed by atoms with Gasteiger partial charge in [0.2, 0.25) is 10.0 Å². The lowest BCUT2D eigenvalue weighted by Crippen LogP contribution is -2.47.